The summed E-state index contributed by atoms with van der Waals surface area (Å²) < 4.78 is 16.6. The van der Waals surface area contributed by atoms with Crippen molar-refractivity contribution in [3.63, 3.8) is 0 Å². The van der Waals surface area contributed by atoms with E-state index in [9.17, 15) is 9.59 Å². The van der Waals surface area contributed by atoms with Crippen LogP contribution in [0.15, 0.2) is 66.2 Å². The summed E-state index contributed by atoms with van der Waals surface area (Å²) in [6.45, 7) is 39.0. The Balaban J connectivity index is -0.000000647. The summed E-state index contributed by atoms with van der Waals surface area (Å²) in [6, 6.07) is 19.8. The Bertz CT molecular complexity index is 1460. The van der Waals surface area contributed by atoms with Gasteiger partial charge in [-0.1, -0.05) is 173 Å². The van der Waals surface area contributed by atoms with E-state index in [1.165, 1.54) is 16.7 Å². The Morgan fingerprint density at radius 1 is 0.600 bits per heavy atom. The zero-order chi connectivity index (χ0) is 42.9. The van der Waals surface area contributed by atoms with Crippen LogP contribution < -0.4 is 24.8 Å². The molecule has 0 aliphatic carbocycles. The highest BCUT2D eigenvalue weighted by Gasteiger charge is 2.20. The molecule has 3 heterocycles. The first kappa shape index (κ1) is 55.1. The summed E-state index contributed by atoms with van der Waals surface area (Å²) in [6.07, 6.45) is 3.32. The number of amides is 2. The molecule has 3 aliphatic heterocycles. The van der Waals surface area contributed by atoms with E-state index in [0.29, 0.717) is 36.5 Å². The second-order valence-corrected chi connectivity index (χ2v) is 11.7. The van der Waals surface area contributed by atoms with Gasteiger partial charge in [-0.25, -0.2) is 0 Å². The van der Waals surface area contributed by atoms with Gasteiger partial charge in [-0.05, 0) is 53.1 Å². The van der Waals surface area contributed by atoms with E-state index in [1.54, 1.807) is 0 Å². The molecule has 0 saturated heterocycles. The minimum atomic E-state index is -0.0882. The Kier molecular flexibility index (Phi) is 34.3. The van der Waals surface area contributed by atoms with Crippen molar-refractivity contribution in [3.05, 3.63) is 88.5 Å². The van der Waals surface area contributed by atoms with Gasteiger partial charge < -0.3 is 24.8 Å². The standard InChI is InChI=1S/C13H16O.C12H15NO2.C11H13NO2.6C2H6/c1-10(2)11-7-8-14-13-6-4-3-5-12(13)9-11;1-8(2)9-4-3-5-10-11(9)15-7-6-13-12(10)14;1-7(2)8-3-4-9-10(5-8)14-6-11(13)12-9;6*1-2/h3-6,9-10H,7-8H2,1-2H3;3-5,8H,6-7H2,1-2H3,(H,13,14);3-5,7H,6H2,1-2H3,(H,12,13);6*1-2H3. The summed E-state index contributed by atoms with van der Waals surface area (Å²) in [4.78, 5) is 22.7. The van der Waals surface area contributed by atoms with Gasteiger partial charge in [-0.15, -0.1) is 0 Å². The van der Waals surface area contributed by atoms with Crippen LogP contribution in [0.4, 0.5) is 5.69 Å². The molecule has 3 aliphatic rings. The number of anilines is 1. The molecule has 7 heteroatoms. The first-order chi connectivity index (χ1) is 26.6. The molecule has 0 saturated carbocycles. The van der Waals surface area contributed by atoms with Gasteiger partial charge in [0, 0.05) is 12.0 Å². The molecule has 0 aromatic heterocycles. The topological polar surface area (TPSA) is 85.9 Å². The van der Waals surface area contributed by atoms with Gasteiger partial charge >= 0.3 is 0 Å². The number of hydrogen-bond acceptors (Lipinski definition) is 5. The number of para-hydroxylation sites is 2. The summed E-state index contributed by atoms with van der Waals surface area (Å²) in [7, 11) is 0. The second kappa shape index (κ2) is 34.2. The predicted molar refractivity (Wildman–Crippen MR) is 240 cm³/mol. The van der Waals surface area contributed by atoms with Crippen molar-refractivity contribution in [1.29, 1.82) is 0 Å². The Morgan fingerprint density at radius 2 is 1.22 bits per heavy atom. The molecule has 2 amide bonds. The van der Waals surface area contributed by atoms with Gasteiger partial charge in [0.05, 0.1) is 24.4 Å². The molecule has 0 atom stereocenters. The molecule has 312 valence electrons. The second-order valence-electron chi connectivity index (χ2n) is 11.7. The maximum Gasteiger partial charge on any atom is 0.262 e. The number of carbonyl (C=O) groups excluding carboxylic acids is 2. The third kappa shape index (κ3) is 19.8. The van der Waals surface area contributed by atoms with E-state index in [2.05, 4.69) is 70.4 Å². The normalized spacial score (nSPS) is 12.5. The summed E-state index contributed by atoms with van der Waals surface area (Å²) >= 11 is 0. The number of hydrogen-bond donors (Lipinski definition) is 2. The van der Waals surface area contributed by atoms with Crippen molar-refractivity contribution in [2.45, 2.75) is 143 Å². The predicted octanol–water partition coefficient (Wildman–Crippen LogP) is 13.7. The highest BCUT2D eigenvalue weighted by molar-refractivity contribution is 5.97. The van der Waals surface area contributed by atoms with Crippen LogP contribution in [0.1, 0.15) is 170 Å². The van der Waals surface area contributed by atoms with Crippen molar-refractivity contribution >= 4 is 23.6 Å². The molecule has 0 bridgehead atoms. The van der Waals surface area contributed by atoms with Gasteiger partial charge in [-0.3, -0.25) is 9.59 Å². The average Bonchev–Trinajstić information content (AvgIpc) is 3.58. The minimum Gasteiger partial charge on any atom is -0.493 e. The number of nitrogens with one attached hydrogen (secondary N) is 2. The zero-order valence-corrected chi connectivity index (χ0v) is 38.2. The van der Waals surface area contributed by atoms with Crippen molar-refractivity contribution in [3.8, 4) is 17.2 Å². The SMILES string of the molecule is CC.CC.CC.CC.CC.CC.CC(C)C1=Cc2ccccc2OCC1.CC(C)c1ccc2c(c1)OCC(=O)N2.CC(C)c1cccc2c1OCCNC2=O. The number of rotatable bonds is 3. The minimum absolute atomic E-state index is 0.0370. The molecule has 0 radical (unpaired) electrons. The summed E-state index contributed by atoms with van der Waals surface area (Å²) in [5.74, 6) is 3.87. The van der Waals surface area contributed by atoms with E-state index in [1.807, 2.05) is 132 Å². The average molecular weight is 765 g/mol. The van der Waals surface area contributed by atoms with Gasteiger partial charge in [-0.2, -0.15) is 0 Å². The fourth-order valence-electron chi connectivity index (χ4n) is 4.95. The molecule has 6 rings (SSSR count). The number of fused-ring (bicyclic) bond motifs is 3. The van der Waals surface area contributed by atoms with Crippen LogP contribution in [0.3, 0.4) is 0 Å². The fraction of sp³-hybridized carbons (Fsp3) is 0.542. The lowest BCUT2D eigenvalue weighted by atomic mass is 9.98. The highest BCUT2D eigenvalue weighted by atomic mass is 16.5. The largest absolute Gasteiger partial charge is 0.493 e. The van der Waals surface area contributed by atoms with Crippen LogP contribution in [-0.4, -0.2) is 38.2 Å². The first-order valence-electron chi connectivity index (χ1n) is 21.2. The van der Waals surface area contributed by atoms with Crippen molar-refractivity contribution in [1.82, 2.24) is 5.32 Å². The van der Waals surface area contributed by atoms with Crippen LogP contribution in [0.25, 0.3) is 6.08 Å². The molecule has 55 heavy (non-hydrogen) atoms. The van der Waals surface area contributed by atoms with Gasteiger partial charge in [0.15, 0.2) is 6.61 Å². The lowest BCUT2D eigenvalue weighted by Gasteiger charge is -2.19. The Hall–Kier alpha value is -4.26. The maximum absolute atomic E-state index is 11.7. The van der Waals surface area contributed by atoms with E-state index < -0.39 is 0 Å². The zero-order valence-electron chi connectivity index (χ0n) is 38.2. The third-order valence-electron chi connectivity index (χ3n) is 7.50. The van der Waals surface area contributed by atoms with Crippen LogP contribution in [0, 0.1) is 5.92 Å². The molecule has 0 spiro atoms. The van der Waals surface area contributed by atoms with Crippen molar-refractivity contribution in [2.24, 2.45) is 5.92 Å². The highest BCUT2D eigenvalue weighted by Crippen LogP contribution is 2.32. The Labute approximate surface area is 338 Å². The maximum atomic E-state index is 11.7. The summed E-state index contributed by atoms with van der Waals surface area (Å²) in [5.41, 5.74) is 6.44. The molecular weight excluding hydrogens is 685 g/mol. The third-order valence-corrected chi connectivity index (χ3v) is 7.50. The number of carbonyl (C=O) groups is 2. The molecule has 3 aromatic carbocycles. The van der Waals surface area contributed by atoms with E-state index in [4.69, 9.17) is 14.2 Å². The number of benzene rings is 3. The molecule has 0 unspecified atom stereocenters. The Morgan fingerprint density at radius 3 is 1.80 bits per heavy atom. The number of ether oxygens (including phenoxy) is 3. The molecule has 0 fully saturated rings. The van der Waals surface area contributed by atoms with E-state index in [-0.39, 0.29) is 18.4 Å². The van der Waals surface area contributed by atoms with Gasteiger partial charge in [0.25, 0.3) is 11.8 Å². The van der Waals surface area contributed by atoms with Crippen molar-refractivity contribution < 1.29 is 23.8 Å². The van der Waals surface area contributed by atoms with Crippen LogP contribution in [0.5, 0.6) is 17.2 Å². The molecule has 3 aromatic rings. The lowest BCUT2D eigenvalue weighted by molar-refractivity contribution is -0.118. The molecule has 2 N–H and O–H groups in total. The van der Waals surface area contributed by atoms with Gasteiger partial charge in [0.1, 0.15) is 23.9 Å². The van der Waals surface area contributed by atoms with Gasteiger partial charge in [0.2, 0.25) is 0 Å². The van der Waals surface area contributed by atoms with Crippen LogP contribution in [-0.2, 0) is 4.79 Å². The lowest BCUT2D eigenvalue weighted by Crippen LogP contribution is -2.25. The van der Waals surface area contributed by atoms with Crippen LogP contribution >= 0.6 is 0 Å². The monoisotopic (exact) mass is 765 g/mol. The quantitative estimate of drug-likeness (QED) is 0.277. The van der Waals surface area contributed by atoms with Crippen LogP contribution in [0.2, 0.25) is 0 Å². The van der Waals surface area contributed by atoms with E-state index >= 15 is 0 Å². The smallest absolute Gasteiger partial charge is 0.262 e. The summed E-state index contributed by atoms with van der Waals surface area (Å²) in [5, 5.41) is 5.56. The van der Waals surface area contributed by atoms with E-state index in [0.717, 1.165) is 41.5 Å². The molecular formula is C48H80N2O5. The fourth-order valence-corrected chi connectivity index (χ4v) is 4.95. The first-order valence-corrected chi connectivity index (χ1v) is 21.2. The van der Waals surface area contributed by atoms with Crippen molar-refractivity contribution in [2.75, 3.05) is 31.7 Å². The molecule has 7 nitrogen and oxygen atoms in total.